The lowest BCUT2D eigenvalue weighted by Crippen LogP contribution is -2.22. The average Bonchev–Trinajstić information content (AvgIpc) is 2.25. The lowest BCUT2D eigenvalue weighted by atomic mass is 9.83. The Labute approximate surface area is 86.9 Å². The maximum absolute atomic E-state index is 5.44. The topological polar surface area (TPSA) is 44.5 Å². The molecule has 0 unspecified atom stereocenters. The van der Waals surface area contributed by atoms with Crippen LogP contribution in [0.25, 0.3) is 0 Å². The highest BCUT2D eigenvalue weighted by atomic mass is 16.5. The summed E-state index contributed by atoms with van der Waals surface area (Å²) in [7, 11) is 0. The Morgan fingerprint density at radius 2 is 1.50 bits per heavy atom. The molecule has 0 aromatic rings. The highest BCUT2D eigenvalue weighted by molar-refractivity contribution is 4.72. The van der Waals surface area contributed by atoms with Crippen molar-refractivity contribution in [3.63, 3.8) is 0 Å². The summed E-state index contributed by atoms with van der Waals surface area (Å²) in [6, 6.07) is 0. The summed E-state index contributed by atoms with van der Waals surface area (Å²) in [6.45, 7) is 5.05. The normalized spacial score (nSPS) is 27.9. The van der Waals surface area contributed by atoms with Gasteiger partial charge in [0.15, 0.2) is 0 Å². The molecule has 3 nitrogen and oxygen atoms in total. The monoisotopic (exact) mass is 201 g/mol. The molecule has 0 aliphatic heterocycles. The second-order valence-corrected chi connectivity index (χ2v) is 4.08. The van der Waals surface area contributed by atoms with Crippen LogP contribution in [-0.2, 0) is 9.47 Å². The second kappa shape index (κ2) is 7.21. The molecule has 0 saturated heterocycles. The number of hydrogen-bond acceptors (Lipinski definition) is 3. The van der Waals surface area contributed by atoms with Crippen molar-refractivity contribution in [2.24, 2.45) is 17.6 Å². The van der Waals surface area contributed by atoms with Crippen LogP contribution < -0.4 is 5.73 Å². The summed E-state index contributed by atoms with van der Waals surface area (Å²) in [6.07, 6.45) is 5.13. The van der Waals surface area contributed by atoms with E-state index >= 15 is 0 Å². The van der Waals surface area contributed by atoms with E-state index in [0.717, 1.165) is 31.7 Å². The molecule has 1 rings (SSSR count). The van der Waals surface area contributed by atoms with E-state index in [9.17, 15) is 0 Å². The molecular weight excluding hydrogens is 178 g/mol. The molecule has 1 aliphatic rings. The van der Waals surface area contributed by atoms with Crippen LogP contribution in [0.4, 0.5) is 0 Å². The standard InChI is InChI=1S/C11H23NO2/c1-2-13-7-10-3-5-11(6-4-10)8-14-9-12/h10-11H,2-9,12H2,1H3. The van der Waals surface area contributed by atoms with Crippen molar-refractivity contribution in [3.05, 3.63) is 0 Å². The Morgan fingerprint density at radius 3 is 1.93 bits per heavy atom. The molecule has 84 valence electrons. The zero-order chi connectivity index (χ0) is 10.2. The summed E-state index contributed by atoms with van der Waals surface area (Å²) in [5.41, 5.74) is 5.30. The van der Waals surface area contributed by atoms with E-state index in [1.165, 1.54) is 25.7 Å². The maximum Gasteiger partial charge on any atom is 0.0940 e. The molecule has 0 amide bonds. The van der Waals surface area contributed by atoms with E-state index in [2.05, 4.69) is 6.92 Å². The fraction of sp³-hybridized carbons (Fsp3) is 1.00. The van der Waals surface area contributed by atoms with Crippen LogP contribution in [0.5, 0.6) is 0 Å². The molecular formula is C11H23NO2. The Balaban J connectivity index is 2.05. The van der Waals surface area contributed by atoms with Crippen LogP contribution in [0, 0.1) is 11.8 Å². The van der Waals surface area contributed by atoms with Crippen molar-refractivity contribution < 1.29 is 9.47 Å². The van der Waals surface area contributed by atoms with E-state index < -0.39 is 0 Å². The molecule has 0 atom stereocenters. The third kappa shape index (κ3) is 4.40. The fourth-order valence-electron chi connectivity index (χ4n) is 2.08. The molecule has 3 heteroatoms. The summed E-state index contributed by atoms with van der Waals surface area (Å²) in [5.74, 6) is 1.51. The molecule has 0 bridgehead atoms. The Kier molecular flexibility index (Phi) is 6.15. The van der Waals surface area contributed by atoms with Gasteiger partial charge in [0.1, 0.15) is 0 Å². The van der Waals surface area contributed by atoms with Crippen LogP contribution in [0.3, 0.4) is 0 Å². The van der Waals surface area contributed by atoms with Gasteiger partial charge in [0.05, 0.1) is 13.3 Å². The molecule has 2 N–H and O–H groups in total. The van der Waals surface area contributed by atoms with Gasteiger partial charge in [-0.2, -0.15) is 0 Å². The quantitative estimate of drug-likeness (QED) is 0.666. The molecule has 14 heavy (non-hydrogen) atoms. The summed E-state index contributed by atoms with van der Waals surface area (Å²) in [5, 5.41) is 0. The van der Waals surface area contributed by atoms with Gasteiger partial charge in [-0.15, -0.1) is 0 Å². The zero-order valence-electron chi connectivity index (χ0n) is 9.21. The first-order valence-corrected chi connectivity index (χ1v) is 5.72. The van der Waals surface area contributed by atoms with Gasteiger partial charge in [0.2, 0.25) is 0 Å². The van der Waals surface area contributed by atoms with E-state index in [-0.39, 0.29) is 0 Å². The lowest BCUT2D eigenvalue weighted by molar-refractivity contribution is 0.0553. The molecule has 1 aliphatic carbocycles. The minimum Gasteiger partial charge on any atom is -0.381 e. The van der Waals surface area contributed by atoms with Crippen LogP contribution in [0.2, 0.25) is 0 Å². The lowest BCUT2D eigenvalue weighted by Gasteiger charge is -2.27. The van der Waals surface area contributed by atoms with Gasteiger partial charge >= 0.3 is 0 Å². The van der Waals surface area contributed by atoms with Gasteiger partial charge in [-0.25, -0.2) is 0 Å². The Hall–Kier alpha value is -0.120. The van der Waals surface area contributed by atoms with Crippen molar-refractivity contribution in [2.75, 3.05) is 26.6 Å². The third-order valence-corrected chi connectivity index (χ3v) is 3.00. The van der Waals surface area contributed by atoms with E-state index in [1.807, 2.05) is 0 Å². The van der Waals surface area contributed by atoms with Crippen LogP contribution in [0.15, 0.2) is 0 Å². The van der Waals surface area contributed by atoms with Crippen molar-refractivity contribution in [1.29, 1.82) is 0 Å². The van der Waals surface area contributed by atoms with Crippen molar-refractivity contribution >= 4 is 0 Å². The molecule has 0 aromatic carbocycles. The summed E-state index contributed by atoms with van der Waals surface area (Å²) in [4.78, 5) is 0. The third-order valence-electron chi connectivity index (χ3n) is 3.00. The number of ether oxygens (including phenoxy) is 2. The van der Waals surface area contributed by atoms with Crippen molar-refractivity contribution in [2.45, 2.75) is 32.6 Å². The van der Waals surface area contributed by atoms with Gasteiger partial charge < -0.3 is 15.2 Å². The highest BCUT2D eigenvalue weighted by Gasteiger charge is 2.20. The number of hydrogen-bond donors (Lipinski definition) is 1. The van der Waals surface area contributed by atoms with E-state index in [0.29, 0.717) is 6.73 Å². The minimum absolute atomic E-state index is 0.360. The molecule has 0 radical (unpaired) electrons. The van der Waals surface area contributed by atoms with Crippen molar-refractivity contribution in [1.82, 2.24) is 0 Å². The first-order valence-electron chi connectivity index (χ1n) is 5.72. The van der Waals surface area contributed by atoms with Gasteiger partial charge in [-0.05, 0) is 44.4 Å². The van der Waals surface area contributed by atoms with Crippen molar-refractivity contribution in [3.8, 4) is 0 Å². The SMILES string of the molecule is CCOCC1CCC(COCN)CC1. The molecule has 0 spiro atoms. The smallest absolute Gasteiger partial charge is 0.0940 e. The summed E-state index contributed by atoms with van der Waals surface area (Å²) < 4.78 is 10.7. The first kappa shape index (κ1) is 12.0. The number of nitrogens with two attached hydrogens (primary N) is 1. The summed E-state index contributed by atoms with van der Waals surface area (Å²) >= 11 is 0. The Morgan fingerprint density at radius 1 is 1.00 bits per heavy atom. The van der Waals surface area contributed by atoms with E-state index in [4.69, 9.17) is 15.2 Å². The van der Waals surface area contributed by atoms with Gasteiger partial charge in [-0.3, -0.25) is 0 Å². The van der Waals surface area contributed by atoms with Crippen LogP contribution >= 0.6 is 0 Å². The van der Waals surface area contributed by atoms with Gasteiger partial charge in [0.25, 0.3) is 0 Å². The second-order valence-electron chi connectivity index (χ2n) is 4.08. The fourth-order valence-corrected chi connectivity index (χ4v) is 2.08. The predicted molar refractivity (Wildman–Crippen MR) is 56.9 cm³/mol. The number of rotatable bonds is 6. The van der Waals surface area contributed by atoms with Crippen LogP contribution in [0.1, 0.15) is 32.6 Å². The average molecular weight is 201 g/mol. The van der Waals surface area contributed by atoms with Gasteiger partial charge in [-0.1, -0.05) is 0 Å². The molecule has 0 heterocycles. The minimum atomic E-state index is 0.360. The predicted octanol–water partition coefficient (Wildman–Crippen LogP) is 1.76. The highest BCUT2D eigenvalue weighted by Crippen LogP contribution is 2.28. The first-order chi connectivity index (χ1) is 6.86. The van der Waals surface area contributed by atoms with E-state index in [1.54, 1.807) is 0 Å². The largest absolute Gasteiger partial charge is 0.381 e. The molecule has 0 aromatic heterocycles. The van der Waals surface area contributed by atoms with Crippen LogP contribution in [-0.4, -0.2) is 26.6 Å². The molecule has 1 saturated carbocycles. The maximum atomic E-state index is 5.44. The van der Waals surface area contributed by atoms with Gasteiger partial charge in [0, 0.05) is 13.2 Å². The Bertz CT molecular complexity index is 117. The molecule has 1 fully saturated rings. The zero-order valence-corrected chi connectivity index (χ0v) is 9.21.